The number of hydrogen-bond acceptors (Lipinski definition) is 6. The van der Waals surface area contributed by atoms with E-state index < -0.39 is 10.0 Å². The number of aryl methyl sites for hydroxylation is 1. The Labute approximate surface area is 122 Å². The fourth-order valence-electron chi connectivity index (χ4n) is 1.62. The maximum atomic E-state index is 12.4. The molecule has 20 heavy (non-hydrogen) atoms. The molecule has 0 saturated heterocycles. The fourth-order valence-corrected chi connectivity index (χ4v) is 3.60. The van der Waals surface area contributed by atoms with Crippen LogP contribution in [0.1, 0.15) is 19.2 Å². The molecule has 0 radical (unpaired) electrons. The van der Waals surface area contributed by atoms with Crippen molar-refractivity contribution >= 4 is 32.4 Å². The predicted octanol–water partition coefficient (Wildman–Crippen LogP) is 2.47. The van der Waals surface area contributed by atoms with Gasteiger partial charge in [-0.05, 0) is 25.5 Å². The Morgan fingerprint density at radius 1 is 1.30 bits per heavy atom. The van der Waals surface area contributed by atoms with Crippen molar-refractivity contribution in [2.24, 2.45) is 0 Å². The lowest BCUT2D eigenvalue weighted by atomic mass is 10.3. The second kappa shape index (κ2) is 6.19. The number of para-hydroxylation sites is 1. The lowest BCUT2D eigenvalue weighted by Gasteiger charge is -2.11. The van der Waals surface area contributed by atoms with Crippen LogP contribution in [-0.4, -0.2) is 24.3 Å². The van der Waals surface area contributed by atoms with Gasteiger partial charge in [0.05, 0.1) is 5.69 Å². The Balaban J connectivity index is 2.29. The van der Waals surface area contributed by atoms with Gasteiger partial charge < -0.3 is 5.32 Å². The molecule has 0 spiro atoms. The first-order valence-electron chi connectivity index (χ1n) is 6.19. The highest BCUT2D eigenvalue weighted by Gasteiger charge is 2.19. The van der Waals surface area contributed by atoms with Crippen molar-refractivity contribution in [1.82, 2.24) is 9.36 Å². The van der Waals surface area contributed by atoms with Crippen LogP contribution in [0.5, 0.6) is 0 Å². The van der Waals surface area contributed by atoms with Gasteiger partial charge in [-0.25, -0.2) is 13.4 Å². The topological polar surface area (TPSA) is 84.0 Å². The Kier molecular flexibility index (Phi) is 4.56. The summed E-state index contributed by atoms with van der Waals surface area (Å²) in [5.41, 5.74) is 0.586. The standard InChI is InChI=1S/C12H16N4O2S2/c1-3-8-13-10-6-4-5-7-11(10)20(17,18)16-12-14-9(2)15-19-12/h4-7,13H,3,8H2,1-2H3,(H,14,15,16). The van der Waals surface area contributed by atoms with Gasteiger partial charge in [0.2, 0.25) is 5.13 Å². The summed E-state index contributed by atoms with van der Waals surface area (Å²) in [5.74, 6) is 0.546. The molecule has 2 N–H and O–H groups in total. The largest absolute Gasteiger partial charge is 0.384 e. The average Bonchev–Trinajstić information content (AvgIpc) is 2.81. The maximum absolute atomic E-state index is 12.4. The molecule has 108 valence electrons. The molecule has 1 heterocycles. The number of hydrogen-bond donors (Lipinski definition) is 2. The highest BCUT2D eigenvalue weighted by Crippen LogP contribution is 2.24. The average molecular weight is 312 g/mol. The third-order valence-corrected chi connectivity index (χ3v) is 4.74. The van der Waals surface area contributed by atoms with Crippen LogP contribution >= 0.6 is 11.5 Å². The lowest BCUT2D eigenvalue weighted by molar-refractivity contribution is 0.601. The minimum Gasteiger partial charge on any atom is -0.384 e. The molecule has 0 atom stereocenters. The van der Waals surface area contributed by atoms with Gasteiger partial charge in [-0.2, -0.15) is 4.37 Å². The minimum atomic E-state index is -3.67. The van der Waals surface area contributed by atoms with E-state index in [2.05, 4.69) is 19.4 Å². The number of nitrogens with zero attached hydrogens (tertiary/aromatic N) is 2. The summed E-state index contributed by atoms with van der Waals surface area (Å²) in [7, 11) is -3.67. The zero-order valence-corrected chi connectivity index (χ0v) is 12.9. The third kappa shape index (κ3) is 3.45. The molecular weight excluding hydrogens is 296 g/mol. The van der Waals surface area contributed by atoms with Gasteiger partial charge in [0.1, 0.15) is 10.7 Å². The van der Waals surface area contributed by atoms with E-state index in [1.807, 2.05) is 6.92 Å². The normalized spacial score (nSPS) is 11.3. The molecule has 0 saturated carbocycles. The van der Waals surface area contributed by atoms with Crippen LogP contribution in [0.15, 0.2) is 29.2 Å². The van der Waals surface area contributed by atoms with Crippen LogP contribution in [0.2, 0.25) is 0 Å². The first kappa shape index (κ1) is 14.7. The van der Waals surface area contributed by atoms with Crippen LogP contribution in [0, 0.1) is 6.92 Å². The lowest BCUT2D eigenvalue weighted by Crippen LogP contribution is -2.15. The predicted molar refractivity (Wildman–Crippen MR) is 80.7 cm³/mol. The Morgan fingerprint density at radius 3 is 2.70 bits per heavy atom. The molecule has 0 fully saturated rings. The molecule has 0 amide bonds. The maximum Gasteiger partial charge on any atom is 0.265 e. The molecule has 1 aromatic heterocycles. The summed E-state index contributed by atoms with van der Waals surface area (Å²) in [6.45, 7) is 4.45. The molecule has 8 heteroatoms. The molecular formula is C12H16N4O2S2. The smallest absolute Gasteiger partial charge is 0.265 e. The number of nitrogens with one attached hydrogen (secondary N) is 2. The molecule has 0 unspecified atom stereocenters. The molecule has 6 nitrogen and oxygen atoms in total. The Morgan fingerprint density at radius 2 is 2.05 bits per heavy atom. The second-order valence-corrected chi connectivity index (χ2v) is 6.58. The third-order valence-electron chi connectivity index (χ3n) is 2.49. The van der Waals surface area contributed by atoms with Crippen LogP contribution in [0.3, 0.4) is 0 Å². The van der Waals surface area contributed by atoms with Crippen LogP contribution in [0.25, 0.3) is 0 Å². The quantitative estimate of drug-likeness (QED) is 0.856. The zero-order valence-electron chi connectivity index (χ0n) is 11.3. The van der Waals surface area contributed by atoms with Crippen molar-refractivity contribution in [2.45, 2.75) is 25.2 Å². The van der Waals surface area contributed by atoms with E-state index in [1.54, 1.807) is 31.2 Å². The van der Waals surface area contributed by atoms with Crippen molar-refractivity contribution in [3.05, 3.63) is 30.1 Å². The van der Waals surface area contributed by atoms with E-state index in [4.69, 9.17) is 0 Å². The molecule has 0 bridgehead atoms. The van der Waals surface area contributed by atoms with Crippen molar-refractivity contribution in [2.75, 3.05) is 16.6 Å². The summed E-state index contributed by atoms with van der Waals surface area (Å²) in [6.07, 6.45) is 0.914. The first-order valence-corrected chi connectivity index (χ1v) is 8.44. The summed E-state index contributed by atoms with van der Waals surface area (Å²) < 4.78 is 31.2. The van der Waals surface area contributed by atoms with E-state index in [9.17, 15) is 8.42 Å². The molecule has 0 aliphatic heterocycles. The highest BCUT2D eigenvalue weighted by atomic mass is 32.2. The monoisotopic (exact) mass is 312 g/mol. The van der Waals surface area contributed by atoms with Crippen molar-refractivity contribution in [1.29, 1.82) is 0 Å². The Bertz CT molecular complexity index is 682. The molecule has 0 aliphatic rings. The molecule has 2 rings (SSSR count). The number of anilines is 2. The molecule has 2 aromatic rings. The summed E-state index contributed by atoms with van der Waals surface area (Å²) in [6, 6.07) is 6.80. The van der Waals surface area contributed by atoms with E-state index in [-0.39, 0.29) is 10.0 Å². The van der Waals surface area contributed by atoms with E-state index in [0.717, 1.165) is 18.0 Å². The highest BCUT2D eigenvalue weighted by molar-refractivity contribution is 7.93. The minimum absolute atomic E-state index is 0.210. The molecule has 0 aliphatic carbocycles. The zero-order chi connectivity index (χ0) is 14.6. The van der Waals surface area contributed by atoms with Crippen molar-refractivity contribution < 1.29 is 8.42 Å². The van der Waals surface area contributed by atoms with Gasteiger partial charge in [0.25, 0.3) is 10.0 Å². The van der Waals surface area contributed by atoms with Gasteiger partial charge in [-0.15, -0.1) is 0 Å². The van der Waals surface area contributed by atoms with Crippen LogP contribution in [0.4, 0.5) is 10.8 Å². The fraction of sp³-hybridized carbons (Fsp3) is 0.333. The van der Waals surface area contributed by atoms with E-state index in [1.165, 1.54) is 0 Å². The second-order valence-electron chi connectivity index (χ2n) is 4.18. The summed E-state index contributed by atoms with van der Waals surface area (Å²) in [5, 5.41) is 3.38. The van der Waals surface area contributed by atoms with E-state index >= 15 is 0 Å². The van der Waals surface area contributed by atoms with Gasteiger partial charge in [0, 0.05) is 18.1 Å². The first-order chi connectivity index (χ1) is 9.53. The van der Waals surface area contributed by atoms with Gasteiger partial charge in [-0.3, -0.25) is 4.72 Å². The van der Waals surface area contributed by atoms with E-state index in [0.29, 0.717) is 18.1 Å². The summed E-state index contributed by atoms with van der Waals surface area (Å²) in [4.78, 5) is 4.22. The number of sulfonamides is 1. The van der Waals surface area contributed by atoms with Gasteiger partial charge in [-0.1, -0.05) is 19.1 Å². The van der Waals surface area contributed by atoms with Gasteiger partial charge in [0.15, 0.2) is 0 Å². The number of aromatic nitrogens is 2. The number of benzene rings is 1. The summed E-state index contributed by atoms with van der Waals surface area (Å²) >= 11 is 1.02. The van der Waals surface area contributed by atoms with Crippen LogP contribution in [-0.2, 0) is 10.0 Å². The Hall–Kier alpha value is -1.67. The molecule has 1 aromatic carbocycles. The SMILES string of the molecule is CCCNc1ccccc1S(=O)(=O)Nc1nc(C)ns1. The van der Waals surface area contributed by atoms with Crippen molar-refractivity contribution in [3.8, 4) is 0 Å². The van der Waals surface area contributed by atoms with Gasteiger partial charge >= 0.3 is 0 Å². The number of rotatable bonds is 6. The van der Waals surface area contributed by atoms with Crippen LogP contribution < -0.4 is 10.0 Å². The van der Waals surface area contributed by atoms with Crippen molar-refractivity contribution in [3.63, 3.8) is 0 Å².